The fraction of sp³-hybridized carbons (Fsp3) is 0.407. The molecule has 1 aliphatic carbocycles. The third-order valence-corrected chi connectivity index (χ3v) is 6.72. The fourth-order valence-corrected chi connectivity index (χ4v) is 4.73. The number of benzene rings is 2. The molecule has 1 saturated carbocycles. The lowest BCUT2D eigenvalue weighted by molar-refractivity contribution is -0.141. The molecule has 0 radical (unpaired) electrons. The Kier molecular flexibility index (Phi) is 7.40. The number of hydrogen-bond donors (Lipinski definition) is 1. The van der Waals surface area contributed by atoms with Gasteiger partial charge >= 0.3 is 0 Å². The molecular formula is C27H31N3O4. The Morgan fingerprint density at radius 2 is 1.56 bits per heavy atom. The zero-order valence-corrected chi connectivity index (χ0v) is 19.5. The predicted octanol–water partition coefficient (Wildman–Crippen LogP) is 3.54. The average Bonchev–Trinajstić information content (AvgIpc) is 3.45. The molecule has 1 atom stereocenters. The molecule has 178 valence electrons. The molecule has 4 rings (SSSR count). The molecule has 2 aromatic rings. The van der Waals surface area contributed by atoms with Crippen LogP contribution in [-0.4, -0.2) is 52.1 Å². The van der Waals surface area contributed by atoms with Crippen LogP contribution >= 0.6 is 0 Å². The number of carbonyl (C=O) groups is 4. The summed E-state index contributed by atoms with van der Waals surface area (Å²) in [6.07, 6.45) is 4.66. The zero-order chi connectivity index (χ0) is 24.1. The molecule has 4 amide bonds. The van der Waals surface area contributed by atoms with Crippen molar-refractivity contribution in [2.75, 3.05) is 6.54 Å². The molecule has 7 nitrogen and oxygen atoms in total. The minimum absolute atomic E-state index is 0.140. The van der Waals surface area contributed by atoms with Gasteiger partial charge in [0.25, 0.3) is 11.8 Å². The summed E-state index contributed by atoms with van der Waals surface area (Å²) in [6, 6.07) is 15.9. The van der Waals surface area contributed by atoms with Crippen LogP contribution in [-0.2, 0) is 16.1 Å². The molecule has 1 aliphatic heterocycles. The van der Waals surface area contributed by atoms with Crippen molar-refractivity contribution in [3.63, 3.8) is 0 Å². The second-order valence-electron chi connectivity index (χ2n) is 9.08. The molecule has 1 fully saturated rings. The molecule has 0 bridgehead atoms. The van der Waals surface area contributed by atoms with Gasteiger partial charge in [0.2, 0.25) is 11.8 Å². The minimum Gasteiger partial charge on any atom is -0.352 e. The van der Waals surface area contributed by atoms with E-state index in [0.29, 0.717) is 24.1 Å². The molecule has 1 N–H and O–H groups in total. The summed E-state index contributed by atoms with van der Waals surface area (Å²) < 4.78 is 0. The third-order valence-electron chi connectivity index (χ3n) is 6.72. The van der Waals surface area contributed by atoms with Gasteiger partial charge in [-0.3, -0.25) is 24.1 Å². The van der Waals surface area contributed by atoms with Crippen LogP contribution in [0.5, 0.6) is 0 Å². The fourth-order valence-electron chi connectivity index (χ4n) is 4.73. The summed E-state index contributed by atoms with van der Waals surface area (Å²) in [5.41, 5.74) is 1.75. The lowest BCUT2D eigenvalue weighted by Crippen LogP contribution is -2.49. The first kappa shape index (κ1) is 23.7. The Hall–Kier alpha value is -3.48. The van der Waals surface area contributed by atoms with Crippen LogP contribution in [0, 0.1) is 0 Å². The van der Waals surface area contributed by atoms with Crippen LogP contribution in [0.3, 0.4) is 0 Å². The lowest BCUT2D eigenvalue weighted by Gasteiger charge is -2.30. The van der Waals surface area contributed by atoms with E-state index < -0.39 is 6.04 Å². The van der Waals surface area contributed by atoms with Crippen molar-refractivity contribution in [1.29, 1.82) is 0 Å². The van der Waals surface area contributed by atoms with Gasteiger partial charge in [-0.2, -0.15) is 0 Å². The van der Waals surface area contributed by atoms with E-state index >= 15 is 0 Å². The number of nitrogens with one attached hydrogen (secondary N) is 1. The smallest absolute Gasteiger partial charge is 0.261 e. The number of fused-ring (bicyclic) bond motifs is 1. The highest BCUT2D eigenvalue weighted by molar-refractivity contribution is 6.21. The molecule has 0 saturated heterocycles. The van der Waals surface area contributed by atoms with E-state index in [9.17, 15) is 19.2 Å². The van der Waals surface area contributed by atoms with Gasteiger partial charge < -0.3 is 10.2 Å². The van der Waals surface area contributed by atoms with Gasteiger partial charge in [0.1, 0.15) is 6.04 Å². The van der Waals surface area contributed by atoms with E-state index in [1.807, 2.05) is 30.3 Å². The van der Waals surface area contributed by atoms with Gasteiger partial charge in [-0.05, 0) is 43.9 Å². The SMILES string of the molecule is C[C@H](C(=O)NC1CCCC1)N(Cc1ccccc1)C(=O)CCCN1C(=O)c2ccccc2C1=O. The second-order valence-corrected chi connectivity index (χ2v) is 9.08. The highest BCUT2D eigenvalue weighted by atomic mass is 16.2. The number of nitrogens with zero attached hydrogens (tertiary/aromatic N) is 2. The first-order valence-electron chi connectivity index (χ1n) is 12.0. The van der Waals surface area contributed by atoms with Crippen molar-refractivity contribution < 1.29 is 19.2 Å². The van der Waals surface area contributed by atoms with E-state index in [1.165, 1.54) is 4.90 Å². The topological polar surface area (TPSA) is 86.8 Å². The molecule has 0 unspecified atom stereocenters. The number of rotatable bonds is 9. The maximum atomic E-state index is 13.2. The molecule has 0 spiro atoms. The Labute approximate surface area is 200 Å². The summed E-state index contributed by atoms with van der Waals surface area (Å²) in [6.45, 7) is 2.25. The number of imide groups is 1. The predicted molar refractivity (Wildman–Crippen MR) is 128 cm³/mol. The quantitative estimate of drug-likeness (QED) is 0.579. The first-order valence-corrected chi connectivity index (χ1v) is 12.0. The largest absolute Gasteiger partial charge is 0.352 e. The van der Waals surface area contributed by atoms with Gasteiger partial charge in [-0.25, -0.2) is 0 Å². The standard InChI is InChI=1S/C27H31N3O4/c1-19(25(32)28-21-12-5-6-13-21)30(18-20-10-3-2-4-11-20)24(31)16-9-17-29-26(33)22-14-7-8-15-23(22)27(29)34/h2-4,7-8,10-11,14-15,19,21H,5-6,9,12-13,16-18H2,1H3,(H,28,32)/t19-/m1/s1. The van der Waals surface area contributed by atoms with E-state index in [2.05, 4.69) is 5.32 Å². The number of carbonyl (C=O) groups excluding carboxylic acids is 4. The van der Waals surface area contributed by atoms with Gasteiger partial charge in [0.15, 0.2) is 0 Å². The summed E-state index contributed by atoms with van der Waals surface area (Å²) >= 11 is 0. The van der Waals surface area contributed by atoms with Crippen LogP contribution in [0.1, 0.15) is 71.7 Å². The van der Waals surface area contributed by atoms with Crippen molar-refractivity contribution in [1.82, 2.24) is 15.1 Å². The molecule has 2 aromatic carbocycles. The summed E-state index contributed by atoms with van der Waals surface area (Å²) in [4.78, 5) is 54.1. The van der Waals surface area contributed by atoms with Crippen molar-refractivity contribution in [2.45, 2.75) is 64.1 Å². The van der Waals surface area contributed by atoms with Crippen molar-refractivity contribution >= 4 is 23.6 Å². The van der Waals surface area contributed by atoms with Gasteiger partial charge in [0, 0.05) is 25.6 Å². The molecule has 0 aromatic heterocycles. The van der Waals surface area contributed by atoms with E-state index in [4.69, 9.17) is 0 Å². The van der Waals surface area contributed by atoms with Crippen LogP contribution in [0.25, 0.3) is 0 Å². The maximum Gasteiger partial charge on any atom is 0.261 e. The lowest BCUT2D eigenvalue weighted by atomic mass is 10.1. The van der Waals surface area contributed by atoms with Crippen molar-refractivity contribution in [3.05, 3.63) is 71.3 Å². The first-order chi connectivity index (χ1) is 16.5. The zero-order valence-electron chi connectivity index (χ0n) is 19.5. The van der Waals surface area contributed by atoms with E-state index in [0.717, 1.165) is 31.2 Å². The highest BCUT2D eigenvalue weighted by Gasteiger charge is 2.35. The van der Waals surface area contributed by atoms with Crippen LogP contribution in [0.4, 0.5) is 0 Å². The maximum absolute atomic E-state index is 13.2. The summed E-state index contributed by atoms with van der Waals surface area (Å²) in [7, 11) is 0. The number of hydrogen-bond acceptors (Lipinski definition) is 4. The molecular weight excluding hydrogens is 430 g/mol. The summed E-state index contributed by atoms with van der Waals surface area (Å²) in [5.74, 6) is -0.955. The Morgan fingerprint density at radius 1 is 0.971 bits per heavy atom. The minimum atomic E-state index is -0.618. The van der Waals surface area contributed by atoms with Crippen LogP contribution in [0.15, 0.2) is 54.6 Å². The monoisotopic (exact) mass is 461 g/mol. The Bertz CT molecular complexity index is 1030. The van der Waals surface area contributed by atoms with Crippen molar-refractivity contribution in [2.24, 2.45) is 0 Å². The van der Waals surface area contributed by atoms with Gasteiger partial charge in [-0.15, -0.1) is 0 Å². The summed E-state index contributed by atoms with van der Waals surface area (Å²) in [5, 5.41) is 3.09. The normalized spacial score (nSPS) is 16.4. The Morgan fingerprint density at radius 3 is 2.18 bits per heavy atom. The van der Waals surface area contributed by atoms with Crippen LogP contribution < -0.4 is 5.32 Å². The Balaban J connectivity index is 1.39. The van der Waals surface area contributed by atoms with Gasteiger partial charge in [0.05, 0.1) is 11.1 Å². The third kappa shape index (κ3) is 5.19. The van der Waals surface area contributed by atoms with Gasteiger partial charge in [-0.1, -0.05) is 55.3 Å². The molecule has 1 heterocycles. The van der Waals surface area contributed by atoms with Crippen molar-refractivity contribution in [3.8, 4) is 0 Å². The van der Waals surface area contributed by atoms with E-state index in [-0.39, 0.29) is 42.6 Å². The van der Waals surface area contributed by atoms with E-state index in [1.54, 1.807) is 36.1 Å². The average molecular weight is 462 g/mol. The molecule has 34 heavy (non-hydrogen) atoms. The van der Waals surface area contributed by atoms with Crippen LogP contribution in [0.2, 0.25) is 0 Å². The highest BCUT2D eigenvalue weighted by Crippen LogP contribution is 2.23. The molecule has 2 aliphatic rings. The number of amides is 4. The molecule has 7 heteroatoms. The second kappa shape index (κ2) is 10.6.